The fourth-order valence-electron chi connectivity index (χ4n) is 4.39. The summed E-state index contributed by atoms with van der Waals surface area (Å²) in [6.45, 7) is 3.87. The van der Waals surface area contributed by atoms with Crippen LogP contribution in [0.1, 0.15) is 23.6 Å². The summed E-state index contributed by atoms with van der Waals surface area (Å²) in [5.74, 6) is -0.0561. The fraction of sp³-hybridized carbons (Fsp3) is 0.385. The molecule has 0 radical (unpaired) electrons. The highest BCUT2D eigenvalue weighted by Crippen LogP contribution is 2.32. The molecule has 4 rings (SSSR count). The highest BCUT2D eigenvalue weighted by molar-refractivity contribution is 5.90. The molecule has 1 aliphatic heterocycles. The van der Waals surface area contributed by atoms with Crippen LogP contribution in [0.2, 0.25) is 0 Å². The Bertz CT molecular complexity index is 1120. The van der Waals surface area contributed by atoms with E-state index in [0.29, 0.717) is 38.4 Å². The number of aromatic amines is 1. The number of ether oxygens (including phenoxy) is 1. The number of carbonyl (C=O) groups is 2. The van der Waals surface area contributed by atoms with Crippen molar-refractivity contribution in [2.75, 3.05) is 46.8 Å². The smallest absolute Gasteiger partial charge is 0.325 e. The average Bonchev–Trinajstić information content (AvgIpc) is 3.25. The molecule has 8 nitrogen and oxygen atoms in total. The van der Waals surface area contributed by atoms with Crippen LogP contribution in [0.4, 0.5) is 0 Å². The van der Waals surface area contributed by atoms with Gasteiger partial charge >= 0.3 is 5.97 Å². The zero-order chi connectivity index (χ0) is 24.1. The number of nitrogens with one attached hydrogen (secondary N) is 1. The number of hydrogen-bond acceptors (Lipinski definition) is 5. The summed E-state index contributed by atoms with van der Waals surface area (Å²) in [7, 11) is 3.52. The van der Waals surface area contributed by atoms with Crippen molar-refractivity contribution in [1.82, 2.24) is 19.7 Å². The Morgan fingerprint density at radius 1 is 1.09 bits per heavy atom. The molecule has 1 aliphatic rings. The van der Waals surface area contributed by atoms with Crippen molar-refractivity contribution in [3.63, 3.8) is 0 Å². The number of amides is 1. The van der Waals surface area contributed by atoms with Gasteiger partial charge in [0.1, 0.15) is 18.4 Å². The second kappa shape index (κ2) is 10.7. The van der Waals surface area contributed by atoms with E-state index in [1.807, 2.05) is 53.4 Å². The zero-order valence-corrected chi connectivity index (χ0v) is 19.7. The van der Waals surface area contributed by atoms with Gasteiger partial charge in [-0.2, -0.15) is 0 Å². The van der Waals surface area contributed by atoms with Crippen LogP contribution < -0.4 is 4.74 Å². The molecule has 0 bridgehead atoms. The van der Waals surface area contributed by atoms with Crippen LogP contribution in [-0.2, 0) is 16.2 Å². The molecular weight excluding hydrogens is 432 g/mol. The van der Waals surface area contributed by atoms with Crippen molar-refractivity contribution in [1.29, 1.82) is 0 Å². The van der Waals surface area contributed by atoms with Crippen LogP contribution in [0.3, 0.4) is 0 Å². The maximum absolute atomic E-state index is 12.4. The summed E-state index contributed by atoms with van der Waals surface area (Å²) < 4.78 is 5.97. The quantitative estimate of drug-likeness (QED) is 0.506. The van der Waals surface area contributed by atoms with Crippen LogP contribution in [0, 0.1) is 0 Å². The summed E-state index contributed by atoms with van der Waals surface area (Å²) >= 11 is 0. The molecule has 1 fully saturated rings. The second-order valence-corrected chi connectivity index (χ2v) is 8.88. The van der Waals surface area contributed by atoms with E-state index >= 15 is 0 Å². The Labute approximate surface area is 199 Å². The third kappa shape index (κ3) is 5.58. The maximum Gasteiger partial charge on any atom is 0.325 e. The molecule has 8 heteroatoms. The summed E-state index contributed by atoms with van der Waals surface area (Å²) in [5, 5.41) is 11.0. The molecule has 0 spiro atoms. The number of hydrogen-bond donors (Lipinski definition) is 2. The van der Waals surface area contributed by atoms with E-state index in [2.05, 4.69) is 9.88 Å². The highest BCUT2D eigenvalue weighted by Gasteiger charge is 2.32. The largest absolute Gasteiger partial charge is 0.489 e. The monoisotopic (exact) mass is 464 g/mol. The molecule has 1 atom stereocenters. The fourth-order valence-corrected chi connectivity index (χ4v) is 4.39. The van der Waals surface area contributed by atoms with Crippen LogP contribution >= 0.6 is 0 Å². The van der Waals surface area contributed by atoms with E-state index in [0.717, 1.165) is 35.1 Å². The third-order valence-electron chi connectivity index (χ3n) is 6.37. The molecule has 0 unspecified atom stereocenters. The SMILES string of the molecule is CN(C)C(=O)CCN1CCN([C@@H](C(=O)O)c2c[nH]c3ccc(OCc4ccccc4)cc23)CC1. The van der Waals surface area contributed by atoms with Gasteiger partial charge in [0.2, 0.25) is 5.91 Å². The molecule has 2 aromatic carbocycles. The van der Waals surface area contributed by atoms with Crippen molar-refractivity contribution >= 4 is 22.8 Å². The van der Waals surface area contributed by atoms with Gasteiger partial charge in [-0.05, 0) is 23.8 Å². The first-order valence-corrected chi connectivity index (χ1v) is 11.6. The Morgan fingerprint density at radius 2 is 1.82 bits per heavy atom. The van der Waals surface area contributed by atoms with Gasteiger partial charge in [0.05, 0.1) is 0 Å². The molecule has 2 heterocycles. The van der Waals surface area contributed by atoms with Gasteiger partial charge in [0.15, 0.2) is 0 Å². The van der Waals surface area contributed by atoms with Crippen molar-refractivity contribution in [3.8, 4) is 5.75 Å². The summed E-state index contributed by atoms with van der Waals surface area (Å²) in [6.07, 6.45) is 2.27. The van der Waals surface area contributed by atoms with E-state index in [-0.39, 0.29) is 5.91 Å². The van der Waals surface area contributed by atoms with E-state index < -0.39 is 12.0 Å². The summed E-state index contributed by atoms with van der Waals surface area (Å²) in [6, 6.07) is 14.9. The second-order valence-electron chi connectivity index (χ2n) is 8.88. The van der Waals surface area contributed by atoms with Crippen LogP contribution in [-0.4, -0.2) is 83.5 Å². The lowest BCUT2D eigenvalue weighted by Crippen LogP contribution is -2.49. The molecular formula is C26H32N4O4. The Hall–Kier alpha value is -3.36. The number of piperazine rings is 1. The standard InChI is InChI=1S/C26H32N4O4/c1-28(2)24(31)10-11-29-12-14-30(15-13-29)25(26(32)33)22-17-27-23-9-8-20(16-21(22)23)34-18-19-6-4-3-5-7-19/h3-9,16-17,25,27H,10-15,18H2,1-2H3,(H,32,33)/t25-/m1/s1. The first-order valence-electron chi connectivity index (χ1n) is 11.6. The van der Waals surface area contributed by atoms with Gasteiger partial charge in [-0.15, -0.1) is 0 Å². The number of nitrogens with zero attached hydrogens (tertiary/aromatic N) is 3. The molecule has 180 valence electrons. The molecule has 0 saturated carbocycles. The number of fused-ring (bicyclic) bond motifs is 1. The van der Waals surface area contributed by atoms with Crippen LogP contribution in [0.25, 0.3) is 10.9 Å². The van der Waals surface area contributed by atoms with Crippen molar-refractivity contribution < 1.29 is 19.4 Å². The molecule has 3 aromatic rings. The molecule has 2 N–H and O–H groups in total. The van der Waals surface area contributed by atoms with Crippen LogP contribution in [0.15, 0.2) is 54.7 Å². The summed E-state index contributed by atoms with van der Waals surface area (Å²) in [5.41, 5.74) is 2.70. The topological polar surface area (TPSA) is 89.1 Å². The predicted octanol–water partition coefficient (Wildman–Crippen LogP) is 2.97. The molecule has 0 aliphatic carbocycles. The Morgan fingerprint density at radius 3 is 2.50 bits per heavy atom. The van der Waals surface area contributed by atoms with Gasteiger partial charge in [-0.1, -0.05) is 30.3 Å². The van der Waals surface area contributed by atoms with Crippen molar-refractivity contribution in [2.45, 2.75) is 19.1 Å². The number of carboxylic acid groups (broad SMARTS) is 1. The average molecular weight is 465 g/mol. The molecule has 1 aromatic heterocycles. The van der Waals surface area contributed by atoms with Gasteiger partial charge < -0.3 is 24.6 Å². The number of benzene rings is 2. The normalized spacial score (nSPS) is 15.8. The first-order chi connectivity index (χ1) is 16.4. The number of carboxylic acids is 1. The first kappa shape index (κ1) is 23.8. The number of rotatable bonds is 9. The Kier molecular flexibility index (Phi) is 7.49. The molecule has 1 amide bonds. The lowest BCUT2D eigenvalue weighted by Gasteiger charge is -2.37. The number of aliphatic carboxylic acids is 1. The number of H-pyrrole nitrogens is 1. The zero-order valence-electron chi connectivity index (χ0n) is 19.7. The van der Waals surface area contributed by atoms with Gasteiger partial charge in [-0.3, -0.25) is 14.5 Å². The maximum atomic E-state index is 12.4. The minimum atomic E-state index is -0.868. The lowest BCUT2D eigenvalue weighted by atomic mass is 10.0. The number of carbonyl (C=O) groups excluding carboxylic acids is 1. The minimum absolute atomic E-state index is 0.106. The predicted molar refractivity (Wildman–Crippen MR) is 131 cm³/mol. The number of aromatic nitrogens is 1. The van der Waals surface area contributed by atoms with Gasteiger partial charge in [0.25, 0.3) is 0 Å². The van der Waals surface area contributed by atoms with Crippen LogP contribution in [0.5, 0.6) is 5.75 Å². The highest BCUT2D eigenvalue weighted by atomic mass is 16.5. The molecule has 1 saturated heterocycles. The summed E-state index contributed by atoms with van der Waals surface area (Å²) in [4.78, 5) is 33.3. The van der Waals surface area contributed by atoms with E-state index in [4.69, 9.17) is 4.74 Å². The minimum Gasteiger partial charge on any atom is -0.489 e. The van der Waals surface area contributed by atoms with E-state index in [9.17, 15) is 14.7 Å². The lowest BCUT2D eigenvalue weighted by molar-refractivity contribution is -0.144. The van der Waals surface area contributed by atoms with E-state index in [1.54, 1.807) is 25.2 Å². The van der Waals surface area contributed by atoms with E-state index in [1.165, 1.54) is 0 Å². The third-order valence-corrected chi connectivity index (χ3v) is 6.37. The molecule has 34 heavy (non-hydrogen) atoms. The van der Waals surface area contributed by atoms with Gasteiger partial charge in [-0.25, -0.2) is 0 Å². The van der Waals surface area contributed by atoms with Gasteiger partial charge in [0, 0.05) is 75.9 Å². The van der Waals surface area contributed by atoms with Crippen molar-refractivity contribution in [3.05, 3.63) is 65.9 Å². The van der Waals surface area contributed by atoms with Crippen molar-refractivity contribution in [2.24, 2.45) is 0 Å². The Balaban J connectivity index is 1.45.